The third kappa shape index (κ3) is 3.82. The number of thiophene rings is 1. The van der Waals surface area contributed by atoms with Gasteiger partial charge in [-0.1, -0.05) is 18.9 Å². The summed E-state index contributed by atoms with van der Waals surface area (Å²) >= 11 is 3.38. The summed E-state index contributed by atoms with van der Waals surface area (Å²) in [5.74, 6) is 0.0467. The Hall–Kier alpha value is -1.24. The van der Waals surface area contributed by atoms with Gasteiger partial charge in [0, 0.05) is 16.0 Å². The molecule has 23 heavy (non-hydrogen) atoms. The molecule has 1 aliphatic carbocycles. The van der Waals surface area contributed by atoms with Crippen LogP contribution < -0.4 is 10.6 Å². The van der Waals surface area contributed by atoms with E-state index in [9.17, 15) is 4.79 Å². The number of aromatic nitrogens is 1. The zero-order valence-corrected chi connectivity index (χ0v) is 15.2. The van der Waals surface area contributed by atoms with Crippen LogP contribution in [0.4, 0.5) is 0 Å². The highest BCUT2D eigenvalue weighted by Gasteiger charge is 2.38. The molecule has 0 spiro atoms. The van der Waals surface area contributed by atoms with Gasteiger partial charge in [-0.3, -0.25) is 10.1 Å². The molecular formula is C17H23N3OS2. The molecule has 1 fully saturated rings. The van der Waals surface area contributed by atoms with Crippen LogP contribution in [-0.4, -0.2) is 17.4 Å². The van der Waals surface area contributed by atoms with Crippen molar-refractivity contribution in [1.82, 2.24) is 15.6 Å². The van der Waals surface area contributed by atoms with Gasteiger partial charge < -0.3 is 5.32 Å². The lowest BCUT2D eigenvalue weighted by atomic mass is 9.98. The van der Waals surface area contributed by atoms with Crippen LogP contribution in [0.1, 0.15) is 54.2 Å². The minimum Gasteiger partial charge on any atom is -0.348 e. The van der Waals surface area contributed by atoms with Crippen molar-refractivity contribution in [3.8, 4) is 0 Å². The second-order valence-electron chi connectivity index (χ2n) is 6.24. The summed E-state index contributed by atoms with van der Waals surface area (Å²) in [4.78, 5) is 18.2. The molecule has 0 aliphatic heterocycles. The summed E-state index contributed by atoms with van der Waals surface area (Å²) in [5, 5.41) is 11.8. The summed E-state index contributed by atoms with van der Waals surface area (Å²) in [7, 11) is 0. The van der Waals surface area contributed by atoms with Crippen LogP contribution in [0.15, 0.2) is 22.9 Å². The van der Waals surface area contributed by atoms with Crippen LogP contribution in [0.2, 0.25) is 0 Å². The molecule has 2 aromatic rings. The van der Waals surface area contributed by atoms with E-state index in [1.165, 1.54) is 17.7 Å². The monoisotopic (exact) mass is 349 g/mol. The minimum absolute atomic E-state index is 0.0467. The fourth-order valence-electron chi connectivity index (χ4n) is 3.17. The van der Waals surface area contributed by atoms with Gasteiger partial charge in [0.25, 0.3) is 0 Å². The highest BCUT2D eigenvalue weighted by Crippen LogP contribution is 2.39. The average molecular weight is 350 g/mol. The Morgan fingerprint density at radius 2 is 2.17 bits per heavy atom. The van der Waals surface area contributed by atoms with Crippen LogP contribution in [0.25, 0.3) is 0 Å². The lowest BCUT2D eigenvalue weighted by Crippen LogP contribution is -2.45. The highest BCUT2D eigenvalue weighted by atomic mass is 32.1. The van der Waals surface area contributed by atoms with Crippen molar-refractivity contribution in [1.29, 1.82) is 0 Å². The molecule has 0 bridgehead atoms. The number of hydrogen-bond acceptors (Lipinski definition) is 5. The molecule has 0 radical (unpaired) electrons. The zero-order valence-electron chi connectivity index (χ0n) is 13.6. The Bertz CT molecular complexity index is 645. The first-order chi connectivity index (χ1) is 11.1. The lowest BCUT2D eigenvalue weighted by molar-refractivity contribution is -0.121. The van der Waals surface area contributed by atoms with Gasteiger partial charge in [0.05, 0.1) is 18.1 Å². The normalized spacial score (nSPS) is 18.0. The molecule has 0 aromatic carbocycles. The van der Waals surface area contributed by atoms with E-state index >= 15 is 0 Å². The van der Waals surface area contributed by atoms with Gasteiger partial charge in [0.15, 0.2) is 0 Å². The first-order valence-corrected chi connectivity index (χ1v) is 9.85. The van der Waals surface area contributed by atoms with Gasteiger partial charge in [-0.05, 0) is 38.1 Å². The van der Waals surface area contributed by atoms with E-state index in [0.717, 1.165) is 23.5 Å². The highest BCUT2D eigenvalue weighted by molar-refractivity contribution is 7.10. The van der Waals surface area contributed by atoms with E-state index in [4.69, 9.17) is 0 Å². The third-order valence-electron chi connectivity index (χ3n) is 4.42. The molecule has 4 nitrogen and oxygen atoms in total. The molecule has 1 saturated carbocycles. The lowest BCUT2D eigenvalue weighted by Gasteiger charge is -2.28. The molecule has 1 atom stereocenters. The summed E-state index contributed by atoms with van der Waals surface area (Å²) in [6.45, 7) is 4.39. The molecule has 2 aromatic heterocycles. The quantitative estimate of drug-likeness (QED) is 0.835. The maximum Gasteiger partial charge on any atom is 0.234 e. The largest absolute Gasteiger partial charge is 0.348 e. The van der Waals surface area contributed by atoms with E-state index in [1.54, 1.807) is 22.7 Å². The van der Waals surface area contributed by atoms with Crippen molar-refractivity contribution in [3.63, 3.8) is 0 Å². The summed E-state index contributed by atoms with van der Waals surface area (Å²) < 4.78 is 0. The van der Waals surface area contributed by atoms with Gasteiger partial charge in [0.1, 0.15) is 5.01 Å². The first-order valence-electron chi connectivity index (χ1n) is 8.09. The number of rotatable bonds is 6. The SMILES string of the molecule is Cc1csc(C2(NCC(=O)N[C@H](C)c3cccs3)CCCC2)n1. The fraction of sp³-hybridized carbons (Fsp3) is 0.529. The predicted molar refractivity (Wildman–Crippen MR) is 95.9 cm³/mol. The molecule has 1 amide bonds. The van der Waals surface area contributed by atoms with E-state index in [1.807, 2.05) is 25.3 Å². The van der Waals surface area contributed by atoms with E-state index < -0.39 is 0 Å². The maximum atomic E-state index is 12.3. The number of aryl methyl sites for hydroxylation is 1. The molecule has 3 rings (SSSR count). The molecule has 2 heterocycles. The summed E-state index contributed by atoms with van der Waals surface area (Å²) in [5.41, 5.74) is 0.955. The van der Waals surface area contributed by atoms with Crippen molar-refractivity contribution < 1.29 is 4.79 Å². The number of carbonyl (C=O) groups is 1. The predicted octanol–water partition coefficient (Wildman–Crippen LogP) is 3.75. The third-order valence-corrected chi connectivity index (χ3v) is 6.64. The molecule has 0 unspecified atom stereocenters. The van der Waals surface area contributed by atoms with Crippen molar-refractivity contribution >= 4 is 28.6 Å². The Morgan fingerprint density at radius 3 is 2.78 bits per heavy atom. The van der Waals surface area contributed by atoms with E-state index in [0.29, 0.717) is 6.54 Å². The summed E-state index contributed by atoms with van der Waals surface area (Å²) in [6.07, 6.45) is 4.51. The van der Waals surface area contributed by atoms with Gasteiger partial charge in [0.2, 0.25) is 5.91 Å². The number of amides is 1. The Kier molecular flexibility index (Phi) is 5.14. The van der Waals surface area contributed by atoms with Crippen LogP contribution in [0.3, 0.4) is 0 Å². The first kappa shape index (κ1) is 16.6. The smallest absolute Gasteiger partial charge is 0.234 e. The maximum absolute atomic E-state index is 12.3. The van der Waals surface area contributed by atoms with Gasteiger partial charge in [-0.25, -0.2) is 4.98 Å². The Morgan fingerprint density at radius 1 is 1.39 bits per heavy atom. The van der Waals surface area contributed by atoms with Crippen LogP contribution >= 0.6 is 22.7 Å². The fourth-order valence-corrected chi connectivity index (χ4v) is 4.94. The summed E-state index contributed by atoms with van der Waals surface area (Å²) in [6, 6.07) is 4.13. The Labute approximate surface area is 145 Å². The molecular weight excluding hydrogens is 326 g/mol. The minimum atomic E-state index is -0.109. The van der Waals surface area contributed by atoms with Crippen LogP contribution in [-0.2, 0) is 10.3 Å². The molecule has 124 valence electrons. The average Bonchev–Trinajstić information content (AvgIpc) is 3.27. The Balaban J connectivity index is 1.60. The molecule has 6 heteroatoms. The van der Waals surface area contributed by atoms with E-state index in [2.05, 4.69) is 27.1 Å². The number of thiazole rings is 1. The van der Waals surface area contributed by atoms with Crippen molar-refractivity contribution in [3.05, 3.63) is 38.5 Å². The van der Waals surface area contributed by atoms with Crippen molar-refractivity contribution in [2.75, 3.05) is 6.54 Å². The zero-order chi connectivity index (χ0) is 16.3. The number of carbonyl (C=O) groups excluding carboxylic acids is 1. The van der Waals surface area contributed by atoms with Gasteiger partial charge in [-0.2, -0.15) is 0 Å². The van der Waals surface area contributed by atoms with Crippen LogP contribution in [0.5, 0.6) is 0 Å². The second kappa shape index (κ2) is 7.11. The number of nitrogens with zero attached hydrogens (tertiary/aromatic N) is 1. The number of nitrogens with one attached hydrogen (secondary N) is 2. The van der Waals surface area contributed by atoms with Crippen molar-refractivity contribution in [2.24, 2.45) is 0 Å². The second-order valence-corrected chi connectivity index (χ2v) is 8.08. The molecule has 2 N–H and O–H groups in total. The standard InChI is InChI=1S/C17H23N3OS2/c1-12-11-23-16(19-12)17(7-3-4-8-17)18-10-15(21)20-13(2)14-6-5-9-22-14/h5-6,9,11,13,18H,3-4,7-8,10H2,1-2H3,(H,20,21)/t13-/m1/s1. The van der Waals surface area contributed by atoms with Gasteiger partial charge in [-0.15, -0.1) is 22.7 Å². The molecule has 1 aliphatic rings. The van der Waals surface area contributed by atoms with E-state index in [-0.39, 0.29) is 17.5 Å². The number of hydrogen-bond donors (Lipinski definition) is 2. The van der Waals surface area contributed by atoms with Crippen LogP contribution in [0, 0.1) is 6.92 Å². The molecule has 0 saturated heterocycles. The van der Waals surface area contributed by atoms with Gasteiger partial charge >= 0.3 is 0 Å². The topological polar surface area (TPSA) is 54.0 Å². The van der Waals surface area contributed by atoms with Crippen molar-refractivity contribution in [2.45, 2.75) is 51.1 Å².